The first-order valence-electron chi connectivity index (χ1n) is 10.2. The summed E-state index contributed by atoms with van der Waals surface area (Å²) in [5.74, 6) is -0.485. The van der Waals surface area contributed by atoms with Crippen molar-refractivity contribution in [2.45, 2.75) is 25.4 Å². The Morgan fingerprint density at radius 2 is 1.80 bits per heavy atom. The van der Waals surface area contributed by atoms with Crippen molar-refractivity contribution in [3.05, 3.63) is 83.4 Å². The molecule has 1 amide bonds. The number of amides is 1. The second kappa shape index (κ2) is 7.02. The van der Waals surface area contributed by atoms with Gasteiger partial charge in [-0.2, -0.15) is 0 Å². The average Bonchev–Trinajstić information content (AvgIpc) is 3.18. The predicted molar refractivity (Wildman–Crippen MR) is 116 cm³/mol. The summed E-state index contributed by atoms with van der Waals surface area (Å²) >= 11 is 0. The van der Waals surface area contributed by atoms with Crippen molar-refractivity contribution in [2.24, 2.45) is 0 Å². The summed E-state index contributed by atoms with van der Waals surface area (Å²) in [6, 6.07) is 21.2. The molecule has 0 bridgehead atoms. The van der Waals surface area contributed by atoms with Crippen LogP contribution in [0.1, 0.15) is 34.8 Å². The van der Waals surface area contributed by atoms with Crippen molar-refractivity contribution in [1.82, 2.24) is 10.3 Å². The Balaban J connectivity index is 1.60. The molecule has 3 aromatic carbocycles. The Kier molecular flexibility index (Phi) is 4.31. The molecular formula is C25H22N2O3. The van der Waals surface area contributed by atoms with E-state index >= 15 is 0 Å². The smallest absolute Gasteiger partial charge is 0.318 e. The van der Waals surface area contributed by atoms with Gasteiger partial charge in [0.1, 0.15) is 12.0 Å². The van der Waals surface area contributed by atoms with Gasteiger partial charge in [0.05, 0.1) is 0 Å². The summed E-state index contributed by atoms with van der Waals surface area (Å²) in [6.45, 7) is 2.39. The molecule has 1 aliphatic rings. The Morgan fingerprint density at radius 1 is 1.03 bits per heavy atom. The van der Waals surface area contributed by atoms with Crippen LogP contribution in [0.15, 0.2) is 66.7 Å². The second-order valence-corrected chi connectivity index (χ2v) is 7.75. The van der Waals surface area contributed by atoms with Crippen molar-refractivity contribution < 1.29 is 14.3 Å². The third-order valence-electron chi connectivity index (χ3n) is 6.22. The van der Waals surface area contributed by atoms with Gasteiger partial charge < -0.3 is 15.0 Å². The first-order chi connectivity index (χ1) is 14.6. The van der Waals surface area contributed by atoms with E-state index in [-0.39, 0.29) is 25.0 Å². The van der Waals surface area contributed by atoms with Crippen molar-refractivity contribution in [2.75, 3.05) is 6.54 Å². The molecule has 1 aliphatic heterocycles. The maximum atomic E-state index is 13.0. The van der Waals surface area contributed by atoms with Crippen LogP contribution in [0.4, 0.5) is 0 Å². The molecule has 1 aromatic heterocycles. The lowest BCUT2D eigenvalue weighted by molar-refractivity contribution is -0.154. The highest BCUT2D eigenvalue weighted by atomic mass is 16.5. The third-order valence-corrected chi connectivity index (χ3v) is 6.22. The van der Waals surface area contributed by atoms with Gasteiger partial charge in [-0.3, -0.25) is 9.59 Å². The van der Waals surface area contributed by atoms with Gasteiger partial charge in [-0.05, 0) is 36.2 Å². The Hall–Kier alpha value is -3.60. The van der Waals surface area contributed by atoms with Gasteiger partial charge in [0.2, 0.25) is 0 Å². The number of nitrogens with one attached hydrogen (secondary N) is 2. The SMILES string of the molecule is CC[C@]1(CNC(=O)c2ccccc2)C(=O)OCc2c1ccc1[nH]c3ccccc3c21. The van der Waals surface area contributed by atoms with Crippen LogP contribution in [0.25, 0.3) is 21.8 Å². The predicted octanol–water partition coefficient (Wildman–Crippen LogP) is 4.46. The number of fused-ring (bicyclic) bond motifs is 5. The van der Waals surface area contributed by atoms with Crippen LogP contribution in [0.3, 0.4) is 0 Å². The Labute approximate surface area is 174 Å². The number of rotatable bonds is 4. The normalized spacial score (nSPS) is 18.2. The van der Waals surface area contributed by atoms with E-state index in [1.807, 2.05) is 55.5 Å². The van der Waals surface area contributed by atoms with Crippen LogP contribution in [-0.2, 0) is 21.6 Å². The van der Waals surface area contributed by atoms with Gasteiger partial charge in [-0.15, -0.1) is 0 Å². The number of cyclic esters (lactones) is 1. The summed E-state index contributed by atoms with van der Waals surface area (Å²) in [4.78, 5) is 29.1. The molecule has 0 radical (unpaired) electrons. The largest absolute Gasteiger partial charge is 0.460 e. The average molecular weight is 398 g/mol. The number of H-pyrrole nitrogens is 1. The number of aromatic nitrogens is 1. The molecule has 4 aromatic rings. The standard InChI is InChI=1S/C25H22N2O3/c1-2-25(15-26-23(28)16-8-4-3-5-9-16)19-12-13-21-22(18(19)14-30-24(25)29)17-10-6-7-11-20(17)27-21/h3-13,27H,2,14-15H2,1H3,(H,26,28)/t25-/m1/s1. The number of carbonyl (C=O) groups is 2. The fraction of sp³-hybridized carbons (Fsp3) is 0.200. The molecule has 0 saturated carbocycles. The van der Waals surface area contributed by atoms with E-state index in [1.165, 1.54) is 0 Å². The summed E-state index contributed by atoms with van der Waals surface area (Å²) in [5.41, 5.74) is 3.68. The van der Waals surface area contributed by atoms with Crippen LogP contribution in [0.2, 0.25) is 0 Å². The number of hydrogen-bond donors (Lipinski definition) is 2. The molecular weight excluding hydrogens is 376 g/mol. The van der Waals surface area contributed by atoms with Gasteiger partial charge >= 0.3 is 5.97 Å². The number of ether oxygens (including phenoxy) is 1. The van der Waals surface area contributed by atoms with Gasteiger partial charge in [-0.25, -0.2) is 0 Å². The quantitative estimate of drug-likeness (QED) is 0.499. The Morgan fingerprint density at radius 3 is 2.60 bits per heavy atom. The lowest BCUT2D eigenvalue weighted by Gasteiger charge is -2.36. The van der Waals surface area contributed by atoms with Crippen molar-refractivity contribution in [1.29, 1.82) is 0 Å². The minimum atomic E-state index is -0.912. The molecule has 0 spiro atoms. The summed E-state index contributed by atoms with van der Waals surface area (Å²) in [7, 11) is 0. The molecule has 30 heavy (non-hydrogen) atoms. The van der Waals surface area contributed by atoms with E-state index in [0.717, 1.165) is 32.9 Å². The lowest BCUT2D eigenvalue weighted by atomic mass is 9.73. The molecule has 1 atom stereocenters. The molecule has 2 N–H and O–H groups in total. The fourth-order valence-electron chi connectivity index (χ4n) is 4.55. The van der Waals surface area contributed by atoms with Gasteiger partial charge in [0.15, 0.2) is 0 Å². The number of benzene rings is 3. The van der Waals surface area contributed by atoms with Crippen LogP contribution >= 0.6 is 0 Å². The third kappa shape index (κ3) is 2.70. The molecule has 2 heterocycles. The molecule has 0 unspecified atom stereocenters. The minimum absolute atomic E-state index is 0.191. The maximum Gasteiger partial charge on any atom is 0.318 e. The number of para-hydroxylation sites is 1. The fourth-order valence-corrected chi connectivity index (χ4v) is 4.55. The van der Waals surface area contributed by atoms with E-state index in [4.69, 9.17) is 4.74 Å². The molecule has 0 saturated heterocycles. The number of hydrogen-bond acceptors (Lipinski definition) is 3. The molecule has 0 aliphatic carbocycles. The molecule has 0 fully saturated rings. The molecule has 150 valence electrons. The zero-order chi connectivity index (χ0) is 20.7. The summed E-state index contributed by atoms with van der Waals surface area (Å²) < 4.78 is 5.67. The van der Waals surface area contributed by atoms with Gasteiger partial charge in [0, 0.05) is 39.5 Å². The molecule has 5 rings (SSSR count). The van der Waals surface area contributed by atoms with E-state index in [9.17, 15) is 9.59 Å². The van der Waals surface area contributed by atoms with Crippen molar-refractivity contribution in [3.8, 4) is 0 Å². The van der Waals surface area contributed by atoms with E-state index in [0.29, 0.717) is 12.0 Å². The summed E-state index contributed by atoms with van der Waals surface area (Å²) in [5, 5.41) is 5.16. The Bertz CT molecular complexity index is 1280. The first kappa shape index (κ1) is 18.4. The van der Waals surface area contributed by atoms with Crippen molar-refractivity contribution >= 4 is 33.7 Å². The van der Waals surface area contributed by atoms with Crippen LogP contribution in [0, 0.1) is 0 Å². The number of esters is 1. The summed E-state index contributed by atoms with van der Waals surface area (Å²) in [6.07, 6.45) is 0.530. The lowest BCUT2D eigenvalue weighted by Crippen LogP contribution is -2.49. The number of carbonyl (C=O) groups excluding carboxylic acids is 2. The van der Waals surface area contributed by atoms with Crippen LogP contribution < -0.4 is 5.32 Å². The zero-order valence-electron chi connectivity index (χ0n) is 16.7. The highest BCUT2D eigenvalue weighted by molar-refractivity contribution is 6.10. The van der Waals surface area contributed by atoms with Crippen LogP contribution in [0.5, 0.6) is 0 Å². The van der Waals surface area contributed by atoms with Crippen molar-refractivity contribution in [3.63, 3.8) is 0 Å². The highest BCUT2D eigenvalue weighted by Crippen LogP contribution is 2.41. The van der Waals surface area contributed by atoms with E-state index < -0.39 is 5.41 Å². The molecule has 5 nitrogen and oxygen atoms in total. The van der Waals surface area contributed by atoms with Gasteiger partial charge in [0.25, 0.3) is 5.91 Å². The van der Waals surface area contributed by atoms with E-state index in [2.05, 4.69) is 16.4 Å². The topological polar surface area (TPSA) is 71.2 Å². The minimum Gasteiger partial charge on any atom is -0.460 e. The monoisotopic (exact) mass is 398 g/mol. The number of aromatic amines is 1. The van der Waals surface area contributed by atoms with Gasteiger partial charge in [-0.1, -0.05) is 49.4 Å². The highest BCUT2D eigenvalue weighted by Gasteiger charge is 2.45. The second-order valence-electron chi connectivity index (χ2n) is 7.75. The first-order valence-corrected chi connectivity index (χ1v) is 10.2. The zero-order valence-corrected chi connectivity index (χ0v) is 16.7. The van der Waals surface area contributed by atoms with Crippen LogP contribution in [-0.4, -0.2) is 23.4 Å². The molecule has 5 heteroatoms. The van der Waals surface area contributed by atoms with E-state index in [1.54, 1.807) is 12.1 Å². The maximum absolute atomic E-state index is 13.0.